The molecule has 1 aromatic carbocycles. The van der Waals surface area contributed by atoms with Crippen LogP contribution in [0.2, 0.25) is 0 Å². The van der Waals surface area contributed by atoms with Gasteiger partial charge in [-0.15, -0.1) is 0 Å². The lowest BCUT2D eigenvalue weighted by molar-refractivity contribution is 0.459. The Hall–Kier alpha value is -0.640. The van der Waals surface area contributed by atoms with Crippen molar-refractivity contribution < 1.29 is 8.78 Å². The molecule has 0 saturated carbocycles. The normalized spacial score (nSPS) is 14.3. The van der Waals surface area contributed by atoms with Gasteiger partial charge in [0, 0.05) is 16.6 Å². The average molecular weight is 320 g/mol. The van der Waals surface area contributed by atoms with Gasteiger partial charge in [0.2, 0.25) is 0 Å². The van der Waals surface area contributed by atoms with Crippen LogP contribution in [0.15, 0.2) is 16.6 Å². The maximum Gasteiger partial charge on any atom is 0.150 e. The molecule has 0 radical (unpaired) electrons. The number of rotatable bonds is 6. The highest BCUT2D eigenvalue weighted by Crippen LogP contribution is 2.29. The smallest absolute Gasteiger partial charge is 0.150 e. The van der Waals surface area contributed by atoms with Gasteiger partial charge in [0.1, 0.15) is 11.6 Å². The molecule has 0 heterocycles. The molecule has 2 atom stereocenters. The molecule has 102 valence electrons. The summed E-state index contributed by atoms with van der Waals surface area (Å²) in [5.41, 5.74) is 0.353. The zero-order chi connectivity index (χ0) is 13.7. The Morgan fingerprint density at radius 2 is 1.89 bits per heavy atom. The molecule has 1 nitrogen and oxygen atoms in total. The van der Waals surface area contributed by atoms with Crippen molar-refractivity contribution in [1.29, 1.82) is 0 Å². The van der Waals surface area contributed by atoms with Gasteiger partial charge in [-0.1, -0.05) is 27.2 Å². The van der Waals surface area contributed by atoms with Crippen molar-refractivity contribution >= 4 is 21.6 Å². The molecule has 0 saturated heterocycles. The highest BCUT2D eigenvalue weighted by Gasteiger charge is 2.15. The molecule has 18 heavy (non-hydrogen) atoms. The Morgan fingerprint density at radius 3 is 2.39 bits per heavy atom. The van der Waals surface area contributed by atoms with Crippen molar-refractivity contribution in [1.82, 2.24) is 0 Å². The van der Waals surface area contributed by atoms with Crippen molar-refractivity contribution in [2.24, 2.45) is 5.92 Å². The van der Waals surface area contributed by atoms with Gasteiger partial charge in [0.15, 0.2) is 0 Å². The fourth-order valence-electron chi connectivity index (χ4n) is 1.86. The van der Waals surface area contributed by atoms with Crippen LogP contribution < -0.4 is 5.32 Å². The molecule has 2 unspecified atom stereocenters. The Kier molecular flexibility index (Phi) is 6.06. The molecule has 0 aromatic heterocycles. The molecule has 0 fully saturated rings. The van der Waals surface area contributed by atoms with Crippen LogP contribution in [-0.2, 0) is 0 Å². The molecular weight excluding hydrogens is 300 g/mol. The molecular formula is C14H20BrF2N. The van der Waals surface area contributed by atoms with E-state index in [1.54, 1.807) is 0 Å². The molecule has 0 amide bonds. The summed E-state index contributed by atoms with van der Waals surface area (Å²) in [6.07, 6.45) is 3.00. The van der Waals surface area contributed by atoms with Crippen molar-refractivity contribution in [3.05, 3.63) is 28.2 Å². The van der Waals surface area contributed by atoms with E-state index in [1.807, 2.05) is 0 Å². The van der Waals surface area contributed by atoms with Crippen LogP contribution in [0.1, 0.15) is 40.0 Å². The van der Waals surface area contributed by atoms with E-state index in [0.29, 0.717) is 16.1 Å². The van der Waals surface area contributed by atoms with Gasteiger partial charge in [0.25, 0.3) is 0 Å². The van der Waals surface area contributed by atoms with Crippen LogP contribution in [0.3, 0.4) is 0 Å². The molecule has 1 aromatic rings. The minimum absolute atomic E-state index is 0.205. The summed E-state index contributed by atoms with van der Waals surface area (Å²) in [5, 5.41) is 3.17. The first-order valence-electron chi connectivity index (χ1n) is 6.38. The molecule has 4 heteroatoms. The van der Waals surface area contributed by atoms with Crippen molar-refractivity contribution in [3.63, 3.8) is 0 Å². The summed E-state index contributed by atoms with van der Waals surface area (Å²) in [6, 6.07) is 2.39. The summed E-state index contributed by atoms with van der Waals surface area (Å²) in [5.74, 6) is -0.533. The van der Waals surface area contributed by atoms with Crippen LogP contribution in [-0.4, -0.2) is 6.04 Å². The van der Waals surface area contributed by atoms with E-state index in [4.69, 9.17) is 0 Å². The van der Waals surface area contributed by atoms with E-state index in [2.05, 4.69) is 42.0 Å². The molecule has 0 aliphatic carbocycles. The second-order valence-electron chi connectivity index (χ2n) is 4.74. The number of hydrogen-bond donors (Lipinski definition) is 1. The second-order valence-corrected chi connectivity index (χ2v) is 5.60. The van der Waals surface area contributed by atoms with Crippen LogP contribution in [0.5, 0.6) is 0 Å². The number of nitrogens with one attached hydrogen (secondary N) is 1. The van der Waals surface area contributed by atoms with Crippen molar-refractivity contribution in [2.75, 3.05) is 5.32 Å². The predicted molar refractivity (Wildman–Crippen MR) is 75.8 cm³/mol. The number of hydrogen-bond acceptors (Lipinski definition) is 1. The summed E-state index contributed by atoms with van der Waals surface area (Å²) < 4.78 is 27.1. The fraction of sp³-hybridized carbons (Fsp3) is 0.571. The molecule has 0 aliphatic rings. The third-order valence-corrected chi connectivity index (χ3v) is 3.86. The second kappa shape index (κ2) is 7.07. The Labute approximate surface area is 116 Å². The molecule has 1 N–H and O–H groups in total. The SMILES string of the molecule is CCC(C)CC(CC)Nc1c(F)cc(F)cc1Br. The summed E-state index contributed by atoms with van der Waals surface area (Å²) in [4.78, 5) is 0. The standard InChI is InChI=1S/C14H20BrF2N/c1-4-9(3)6-11(5-2)18-14-12(15)7-10(16)8-13(14)17/h7-9,11,18H,4-6H2,1-3H3. The van der Waals surface area contributed by atoms with E-state index >= 15 is 0 Å². The van der Waals surface area contributed by atoms with E-state index in [0.717, 1.165) is 25.3 Å². The van der Waals surface area contributed by atoms with Crippen LogP contribution in [0.4, 0.5) is 14.5 Å². The third kappa shape index (κ3) is 4.23. The first kappa shape index (κ1) is 15.4. The largest absolute Gasteiger partial charge is 0.379 e. The van der Waals surface area contributed by atoms with Crippen LogP contribution in [0, 0.1) is 17.6 Å². The topological polar surface area (TPSA) is 12.0 Å². The van der Waals surface area contributed by atoms with Gasteiger partial charge >= 0.3 is 0 Å². The van der Waals surface area contributed by atoms with Crippen molar-refractivity contribution in [2.45, 2.75) is 46.1 Å². The quantitative estimate of drug-likeness (QED) is 0.744. The molecule has 1 rings (SSSR count). The van der Waals surface area contributed by atoms with E-state index in [9.17, 15) is 8.78 Å². The lowest BCUT2D eigenvalue weighted by atomic mass is 9.97. The summed E-state index contributed by atoms with van der Waals surface area (Å²) in [6.45, 7) is 6.39. The lowest BCUT2D eigenvalue weighted by Gasteiger charge is -2.22. The van der Waals surface area contributed by atoms with E-state index < -0.39 is 11.6 Å². The molecule has 0 spiro atoms. The van der Waals surface area contributed by atoms with E-state index in [-0.39, 0.29) is 6.04 Å². The highest BCUT2D eigenvalue weighted by molar-refractivity contribution is 9.10. The van der Waals surface area contributed by atoms with Gasteiger partial charge in [-0.2, -0.15) is 0 Å². The molecule has 0 bridgehead atoms. The lowest BCUT2D eigenvalue weighted by Crippen LogP contribution is -2.22. The predicted octanol–water partition coefficient (Wildman–Crippen LogP) is 5.35. The third-order valence-electron chi connectivity index (χ3n) is 3.23. The van der Waals surface area contributed by atoms with Gasteiger partial charge in [-0.3, -0.25) is 0 Å². The van der Waals surface area contributed by atoms with Crippen LogP contribution in [0.25, 0.3) is 0 Å². The average Bonchev–Trinajstić information content (AvgIpc) is 2.31. The zero-order valence-electron chi connectivity index (χ0n) is 11.1. The summed E-state index contributed by atoms with van der Waals surface area (Å²) >= 11 is 3.20. The maximum absolute atomic E-state index is 13.7. The van der Waals surface area contributed by atoms with Crippen LogP contribution >= 0.6 is 15.9 Å². The summed E-state index contributed by atoms with van der Waals surface area (Å²) in [7, 11) is 0. The fourth-order valence-corrected chi connectivity index (χ4v) is 2.39. The minimum Gasteiger partial charge on any atom is -0.379 e. The number of benzene rings is 1. The maximum atomic E-state index is 13.7. The Balaban J connectivity index is 2.82. The molecule has 0 aliphatic heterocycles. The Morgan fingerprint density at radius 1 is 1.22 bits per heavy atom. The van der Waals surface area contributed by atoms with Gasteiger partial charge in [-0.25, -0.2) is 8.78 Å². The highest BCUT2D eigenvalue weighted by atomic mass is 79.9. The van der Waals surface area contributed by atoms with E-state index in [1.165, 1.54) is 6.07 Å². The first-order chi connectivity index (χ1) is 8.47. The van der Waals surface area contributed by atoms with Gasteiger partial charge in [-0.05, 0) is 40.8 Å². The number of anilines is 1. The minimum atomic E-state index is -0.570. The monoisotopic (exact) mass is 319 g/mol. The van der Waals surface area contributed by atoms with Crippen molar-refractivity contribution in [3.8, 4) is 0 Å². The van der Waals surface area contributed by atoms with Gasteiger partial charge < -0.3 is 5.32 Å². The first-order valence-corrected chi connectivity index (χ1v) is 7.18. The Bertz CT molecular complexity index is 372. The van der Waals surface area contributed by atoms with Gasteiger partial charge in [0.05, 0.1) is 5.69 Å². The zero-order valence-corrected chi connectivity index (χ0v) is 12.7. The number of halogens is 3.